The smallest absolute Gasteiger partial charge is 0.268 e. The lowest BCUT2D eigenvalue weighted by molar-refractivity contribution is 0.0996. The zero-order valence-electron chi connectivity index (χ0n) is 15.3. The number of hydrogen-bond donors (Lipinski definition) is 1. The van der Waals surface area contributed by atoms with E-state index in [1.54, 1.807) is 31.3 Å². The number of fused-ring (bicyclic) bond motifs is 1. The summed E-state index contributed by atoms with van der Waals surface area (Å²) in [6.45, 7) is 2.02. The van der Waals surface area contributed by atoms with Crippen LogP contribution in [-0.4, -0.2) is 23.8 Å². The summed E-state index contributed by atoms with van der Waals surface area (Å²) < 4.78 is 1.02. The first-order valence-corrected chi connectivity index (χ1v) is 10.3. The number of thiophene rings is 1. The number of thiazole rings is 1. The lowest BCUT2D eigenvalue weighted by atomic mass is 10.1. The molecule has 0 aliphatic rings. The molecule has 140 valence electrons. The van der Waals surface area contributed by atoms with Gasteiger partial charge in [0.25, 0.3) is 11.8 Å². The molecule has 0 fully saturated rings. The number of nitrogens with one attached hydrogen (secondary N) is 1. The van der Waals surface area contributed by atoms with E-state index in [-0.39, 0.29) is 11.8 Å². The summed E-state index contributed by atoms with van der Waals surface area (Å²) >= 11 is 2.81. The van der Waals surface area contributed by atoms with Gasteiger partial charge in [0.15, 0.2) is 5.13 Å². The van der Waals surface area contributed by atoms with Gasteiger partial charge in [-0.25, -0.2) is 4.98 Å². The van der Waals surface area contributed by atoms with Gasteiger partial charge >= 0.3 is 0 Å². The van der Waals surface area contributed by atoms with Gasteiger partial charge < -0.3 is 4.90 Å². The van der Waals surface area contributed by atoms with E-state index in [0.717, 1.165) is 15.8 Å². The average molecular weight is 408 g/mol. The molecule has 2 amide bonds. The molecule has 7 heteroatoms. The zero-order valence-corrected chi connectivity index (χ0v) is 16.9. The van der Waals surface area contributed by atoms with Crippen LogP contribution in [0.3, 0.4) is 0 Å². The van der Waals surface area contributed by atoms with E-state index >= 15 is 0 Å². The minimum absolute atomic E-state index is 0.147. The van der Waals surface area contributed by atoms with E-state index in [9.17, 15) is 9.59 Å². The highest BCUT2D eigenvalue weighted by molar-refractivity contribution is 7.22. The van der Waals surface area contributed by atoms with Crippen molar-refractivity contribution >= 4 is 55.5 Å². The Hall–Kier alpha value is -3.03. The molecule has 0 unspecified atom stereocenters. The Bertz CT molecular complexity index is 1170. The molecule has 2 aromatic carbocycles. The quantitative estimate of drug-likeness (QED) is 0.506. The Morgan fingerprint density at radius 2 is 1.89 bits per heavy atom. The number of aryl methyl sites for hydroxylation is 1. The number of aromatic nitrogens is 1. The highest BCUT2D eigenvalue weighted by Gasteiger charge is 2.21. The molecule has 1 N–H and O–H groups in total. The number of anilines is 2. The fraction of sp³-hybridized carbons (Fsp3) is 0.0952. The molecule has 0 spiro atoms. The number of carbonyl (C=O) groups is 2. The SMILES string of the molecule is Cc1ccc2nc(NC(=O)c3ccccc3N(C)C(=O)c3cccs3)sc2c1. The van der Waals surface area contributed by atoms with Gasteiger partial charge in [-0.05, 0) is 48.2 Å². The number of rotatable bonds is 4. The number of amides is 2. The van der Waals surface area contributed by atoms with Gasteiger partial charge in [0.1, 0.15) is 0 Å². The van der Waals surface area contributed by atoms with Crippen molar-refractivity contribution < 1.29 is 9.59 Å². The van der Waals surface area contributed by atoms with Crippen LogP contribution in [0.5, 0.6) is 0 Å². The van der Waals surface area contributed by atoms with Crippen LogP contribution < -0.4 is 10.2 Å². The molecule has 0 saturated heterocycles. The van der Waals surface area contributed by atoms with Crippen LogP contribution in [0.25, 0.3) is 10.2 Å². The van der Waals surface area contributed by atoms with Gasteiger partial charge in [0.05, 0.1) is 26.3 Å². The predicted molar refractivity (Wildman–Crippen MR) is 116 cm³/mol. The molecule has 0 atom stereocenters. The molecule has 0 bridgehead atoms. The Balaban J connectivity index is 1.61. The van der Waals surface area contributed by atoms with Crippen molar-refractivity contribution in [2.75, 3.05) is 17.3 Å². The molecule has 0 aliphatic heterocycles. The molecule has 4 rings (SSSR count). The second-order valence-electron chi connectivity index (χ2n) is 6.30. The van der Waals surface area contributed by atoms with Gasteiger partial charge in [0, 0.05) is 7.05 Å². The summed E-state index contributed by atoms with van der Waals surface area (Å²) in [4.78, 5) is 32.2. The van der Waals surface area contributed by atoms with Gasteiger partial charge in [-0.2, -0.15) is 0 Å². The van der Waals surface area contributed by atoms with Crippen LogP contribution in [0, 0.1) is 6.92 Å². The van der Waals surface area contributed by atoms with Crippen LogP contribution in [0.4, 0.5) is 10.8 Å². The van der Waals surface area contributed by atoms with E-state index < -0.39 is 0 Å². The third-order valence-corrected chi connectivity index (χ3v) is 6.10. The topological polar surface area (TPSA) is 62.3 Å². The first-order chi connectivity index (χ1) is 13.5. The second-order valence-corrected chi connectivity index (χ2v) is 8.28. The molecular weight excluding hydrogens is 390 g/mol. The maximum atomic E-state index is 12.9. The van der Waals surface area contributed by atoms with E-state index in [1.807, 2.05) is 42.6 Å². The summed E-state index contributed by atoms with van der Waals surface area (Å²) in [5.41, 5.74) is 2.97. The molecule has 5 nitrogen and oxygen atoms in total. The van der Waals surface area contributed by atoms with Crippen LogP contribution in [0.2, 0.25) is 0 Å². The standard InChI is InChI=1S/C21H17N3O2S2/c1-13-9-10-15-18(12-13)28-21(22-15)23-19(25)14-6-3-4-7-16(14)24(2)20(26)17-8-5-11-27-17/h3-12H,1-2H3,(H,22,23,25). The fourth-order valence-electron chi connectivity index (χ4n) is 2.88. The molecule has 0 aliphatic carbocycles. The summed E-state index contributed by atoms with van der Waals surface area (Å²) in [6, 6.07) is 16.7. The lowest BCUT2D eigenvalue weighted by Gasteiger charge is -2.19. The Kier molecular flexibility index (Phi) is 4.93. The fourth-order valence-corrected chi connectivity index (χ4v) is 4.54. The average Bonchev–Trinajstić information content (AvgIpc) is 3.36. The Morgan fingerprint density at radius 3 is 2.68 bits per heavy atom. The maximum absolute atomic E-state index is 12.9. The van der Waals surface area contributed by atoms with Crippen LogP contribution in [-0.2, 0) is 0 Å². The van der Waals surface area contributed by atoms with Crippen molar-refractivity contribution in [3.05, 3.63) is 76.0 Å². The molecule has 2 heterocycles. The first-order valence-electron chi connectivity index (χ1n) is 8.62. The lowest BCUT2D eigenvalue weighted by Crippen LogP contribution is -2.28. The summed E-state index contributed by atoms with van der Waals surface area (Å²) in [5.74, 6) is -0.442. The molecular formula is C21H17N3O2S2. The summed E-state index contributed by atoms with van der Waals surface area (Å²) in [5, 5.41) is 5.26. The van der Waals surface area contributed by atoms with E-state index in [0.29, 0.717) is 21.3 Å². The van der Waals surface area contributed by atoms with Crippen LogP contribution >= 0.6 is 22.7 Å². The monoisotopic (exact) mass is 407 g/mol. The Morgan fingerprint density at radius 1 is 1.07 bits per heavy atom. The van der Waals surface area contributed by atoms with Gasteiger partial charge in [-0.1, -0.05) is 35.6 Å². The van der Waals surface area contributed by atoms with Crippen molar-refractivity contribution in [1.29, 1.82) is 0 Å². The minimum atomic E-state index is -0.294. The number of nitrogens with zero attached hydrogens (tertiary/aromatic N) is 2. The Labute approximate surface area is 170 Å². The van der Waals surface area contributed by atoms with Crippen molar-refractivity contribution in [1.82, 2.24) is 4.98 Å². The van der Waals surface area contributed by atoms with E-state index in [2.05, 4.69) is 10.3 Å². The van der Waals surface area contributed by atoms with E-state index in [4.69, 9.17) is 0 Å². The summed E-state index contributed by atoms with van der Waals surface area (Å²) in [6.07, 6.45) is 0. The number of benzene rings is 2. The van der Waals surface area contributed by atoms with Gasteiger partial charge in [-0.3, -0.25) is 14.9 Å². The van der Waals surface area contributed by atoms with Gasteiger partial charge in [0.2, 0.25) is 0 Å². The molecule has 0 saturated carbocycles. The largest absolute Gasteiger partial charge is 0.310 e. The number of para-hydroxylation sites is 1. The third-order valence-electron chi connectivity index (χ3n) is 4.31. The number of carbonyl (C=O) groups excluding carboxylic acids is 2. The molecule has 2 aromatic heterocycles. The first kappa shape index (κ1) is 18.3. The number of hydrogen-bond acceptors (Lipinski definition) is 5. The van der Waals surface area contributed by atoms with Crippen molar-refractivity contribution in [3.8, 4) is 0 Å². The van der Waals surface area contributed by atoms with E-state index in [1.165, 1.54) is 27.6 Å². The molecule has 28 heavy (non-hydrogen) atoms. The minimum Gasteiger partial charge on any atom is -0.310 e. The molecule has 4 aromatic rings. The highest BCUT2D eigenvalue weighted by atomic mass is 32.1. The van der Waals surface area contributed by atoms with Crippen molar-refractivity contribution in [2.24, 2.45) is 0 Å². The maximum Gasteiger partial charge on any atom is 0.268 e. The molecule has 0 radical (unpaired) electrons. The van der Waals surface area contributed by atoms with Gasteiger partial charge in [-0.15, -0.1) is 11.3 Å². The predicted octanol–water partition coefficient (Wildman–Crippen LogP) is 5.20. The second kappa shape index (κ2) is 7.53. The highest BCUT2D eigenvalue weighted by Crippen LogP contribution is 2.28. The van der Waals surface area contributed by atoms with Crippen LogP contribution in [0.1, 0.15) is 25.6 Å². The van der Waals surface area contributed by atoms with Crippen molar-refractivity contribution in [3.63, 3.8) is 0 Å². The normalized spacial score (nSPS) is 10.8. The van der Waals surface area contributed by atoms with Crippen LogP contribution in [0.15, 0.2) is 60.0 Å². The summed E-state index contributed by atoms with van der Waals surface area (Å²) in [7, 11) is 1.68. The zero-order chi connectivity index (χ0) is 19.7. The van der Waals surface area contributed by atoms with Crippen molar-refractivity contribution in [2.45, 2.75) is 6.92 Å². The third kappa shape index (κ3) is 3.54.